The van der Waals surface area contributed by atoms with Crippen molar-refractivity contribution < 1.29 is 17.9 Å². The third-order valence-corrected chi connectivity index (χ3v) is 2.86. The highest BCUT2D eigenvalue weighted by Crippen LogP contribution is 2.36. The molecule has 3 aromatic rings. The number of nitrogens with zero attached hydrogens (tertiary/aromatic N) is 1. The molecule has 0 spiro atoms. The SMILES string of the molecule is FC(F)(F)Oc1ccccc1-c1ccnc2[nH]ccc12. The maximum Gasteiger partial charge on any atom is 0.573 e. The molecule has 0 bridgehead atoms. The van der Waals surface area contributed by atoms with Crippen molar-refractivity contribution in [1.29, 1.82) is 0 Å². The van der Waals surface area contributed by atoms with E-state index in [2.05, 4.69) is 14.7 Å². The average Bonchev–Trinajstić information content (AvgIpc) is 2.85. The predicted molar refractivity (Wildman–Crippen MR) is 68.2 cm³/mol. The van der Waals surface area contributed by atoms with E-state index in [1.165, 1.54) is 12.1 Å². The fraction of sp³-hybridized carbons (Fsp3) is 0.0714. The Labute approximate surface area is 112 Å². The molecule has 0 amide bonds. The molecule has 0 atom stereocenters. The summed E-state index contributed by atoms with van der Waals surface area (Å²) in [5.74, 6) is -0.228. The Morgan fingerprint density at radius 1 is 1.00 bits per heavy atom. The van der Waals surface area contributed by atoms with Crippen LogP contribution in [0.4, 0.5) is 13.2 Å². The molecule has 1 aromatic carbocycles. The Morgan fingerprint density at radius 3 is 2.60 bits per heavy atom. The summed E-state index contributed by atoms with van der Waals surface area (Å²) in [6.45, 7) is 0. The van der Waals surface area contributed by atoms with E-state index >= 15 is 0 Å². The maximum atomic E-state index is 12.5. The number of benzene rings is 1. The van der Waals surface area contributed by atoms with Crippen molar-refractivity contribution in [2.24, 2.45) is 0 Å². The third-order valence-electron chi connectivity index (χ3n) is 2.86. The molecule has 2 heterocycles. The quantitative estimate of drug-likeness (QED) is 0.765. The van der Waals surface area contributed by atoms with Gasteiger partial charge in [-0.2, -0.15) is 0 Å². The van der Waals surface area contributed by atoms with E-state index in [4.69, 9.17) is 0 Å². The number of aromatic nitrogens is 2. The van der Waals surface area contributed by atoms with Gasteiger partial charge in [-0.15, -0.1) is 13.2 Å². The highest BCUT2D eigenvalue weighted by Gasteiger charge is 2.32. The summed E-state index contributed by atoms with van der Waals surface area (Å²) in [5.41, 5.74) is 1.62. The number of aromatic amines is 1. The number of H-pyrrole nitrogens is 1. The van der Waals surface area contributed by atoms with Crippen molar-refractivity contribution in [2.45, 2.75) is 6.36 Å². The van der Waals surface area contributed by atoms with E-state index in [1.54, 1.807) is 36.7 Å². The second-order valence-electron chi connectivity index (χ2n) is 4.14. The fourth-order valence-corrected chi connectivity index (χ4v) is 2.10. The first-order chi connectivity index (χ1) is 9.54. The lowest BCUT2D eigenvalue weighted by atomic mass is 10.0. The molecule has 102 valence electrons. The van der Waals surface area contributed by atoms with Crippen LogP contribution in [0, 0.1) is 0 Å². The first-order valence-electron chi connectivity index (χ1n) is 5.82. The van der Waals surface area contributed by atoms with Crippen molar-refractivity contribution in [3.8, 4) is 16.9 Å². The molecular weight excluding hydrogens is 269 g/mol. The van der Waals surface area contributed by atoms with Crippen LogP contribution < -0.4 is 4.74 Å². The first-order valence-corrected chi connectivity index (χ1v) is 5.82. The van der Waals surface area contributed by atoms with E-state index in [1.807, 2.05) is 0 Å². The monoisotopic (exact) mass is 278 g/mol. The molecule has 0 aliphatic rings. The molecule has 0 fully saturated rings. The van der Waals surface area contributed by atoms with Crippen molar-refractivity contribution in [1.82, 2.24) is 9.97 Å². The van der Waals surface area contributed by atoms with Crippen molar-refractivity contribution in [3.05, 3.63) is 48.8 Å². The number of para-hydroxylation sites is 1. The van der Waals surface area contributed by atoms with Gasteiger partial charge in [-0.3, -0.25) is 0 Å². The summed E-state index contributed by atoms with van der Waals surface area (Å²) in [6.07, 6.45) is -1.49. The predicted octanol–water partition coefficient (Wildman–Crippen LogP) is 4.13. The number of rotatable bonds is 2. The summed E-state index contributed by atoms with van der Waals surface area (Å²) < 4.78 is 41.4. The molecule has 0 radical (unpaired) electrons. The first kappa shape index (κ1) is 12.5. The molecule has 3 rings (SSSR count). The summed E-state index contributed by atoms with van der Waals surface area (Å²) in [6, 6.07) is 9.47. The van der Waals surface area contributed by atoms with Gasteiger partial charge >= 0.3 is 6.36 Å². The Balaban J connectivity index is 2.17. The van der Waals surface area contributed by atoms with Gasteiger partial charge in [0.15, 0.2) is 0 Å². The van der Waals surface area contributed by atoms with Crippen LogP contribution in [0.2, 0.25) is 0 Å². The van der Waals surface area contributed by atoms with E-state index in [-0.39, 0.29) is 5.75 Å². The van der Waals surface area contributed by atoms with E-state index in [9.17, 15) is 13.2 Å². The minimum absolute atomic E-state index is 0.228. The zero-order chi connectivity index (χ0) is 14.2. The Hall–Kier alpha value is -2.50. The zero-order valence-electron chi connectivity index (χ0n) is 10.1. The largest absolute Gasteiger partial charge is 0.573 e. The van der Waals surface area contributed by atoms with Crippen LogP contribution >= 0.6 is 0 Å². The lowest BCUT2D eigenvalue weighted by Crippen LogP contribution is -2.17. The molecule has 0 aliphatic carbocycles. The molecule has 3 nitrogen and oxygen atoms in total. The highest BCUT2D eigenvalue weighted by atomic mass is 19.4. The van der Waals surface area contributed by atoms with E-state index in [0.29, 0.717) is 16.8 Å². The van der Waals surface area contributed by atoms with Gasteiger partial charge in [-0.25, -0.2) is 4.98 Å². The third kappa shape index (κ3) is 2.32. The molecule has 1 N–H and O–H groups in total. The molecule has 0 aliphatic heterocycles. The van der Waals surface area contributed by atoms with Crippen LogP contribution in [-0.2, 0) is 0 Å². The van der Waals surface area contributed by atoms with Crippen LogP contribution in [0.15, 0.2) is 48.8 Å². The summed E-state index contributed by atoms with van der Waals surface area (Å²) >= 11 is 0. The van der Waals surface area contributed by atoms with Crippen molar-refractivity contribution in [3.63, 3.8) is 0 Å². The van der Waals surface area contributed by atoms with Gasteiger partial charge in [0.1, 0.15) is 11.4 Å². The van der Waals surface area contributed by atoms with Crippen LogP contribution in [-0.4, -0.2) is 16.3 Å². The van der Waals surface area contributed by atoms with Gasteiger partial charge in [0, 0.05) is 23.3 Å². The van der Waals surface area contributed by atoms with Gasteiger partial charge in [0.05, 0.1) is 0 Å². The second-order valence-corrected chi connectivity index (χ2v) is 4.14. The number of halogens is 3. The number of pyridine rings is 1. The lowest BCUT2D eigenvalue weighted by Gasteiger charge is -2.13. The number of ether oxygens (including phenoxy) is 1. The Kier molecular flexibility index (Phi) is 2.85. The number of hydrogen-bond acceptors (Lipinski definition) is 2. The number of alkyl halides is 3. The topological polar surface area (TPSA) is 37.9 Å². The van der Waals surface area contributed by atoms with Gasteiger partial charge in [0.25, 0.3) is 0 Å². The number of nitrogens with one attached hydrogen (secondary N) is 1. The van der Waals surface area contributed by atoms with E-state index < -0.39 is 6.36 Å². The molecule has 20 heavy (non-hydrogen) atoms. The van der Waals surface area contributed by atoms with Crippen LogP contribution in [0.5, 0.6) is 5.75 Å². The van der Waals surface area contributed by atoms with Gasteiger partial charge < -0.3 is 9.72 Å². The molecule has 0 saturated heterocycles. The number of hydrogen-bond donors (Lipinski definition) is 1. The normalized spacial score (nSPS) is 11.8. The molecule has 0 saturated carbocycles. The Bertz CT molecular complexity index is 749. The van der Waals surface area contributed by atoms with Crippen molar-refractivity contribution in [2.75, 3.05) is 0 Å². The molecular formula is C14H9F3N2O. The second kappa shape index (κ2) is 4.56. The summed E-state index contributed by atoms with van der Waals surface area (Å²) in [4.78, 5) is 7.04. The average molecular weight is 278 g/mol. The minimum atomic E-state index is -4.72. The van der Waals surface area contributed by atoms with Gasteiger partial charge in [-0.05, 0) is 23.8 Å². The maximum absolute atomic E-state index is 12.5. The fourth-order valence-electron chi connectivity index (χ4n) is 2.10. The standard InChI is InChI=1S/C14H9F3N2O/c15-14(16,17)20-12-4-2-1-3-10(12)9-5-7-18-13-11(9)6-8-19-13/h1-8H,(H,18,19). The molecule has 6 heteroatoms. The summed E-state index contributed by atoms with van der Waals surface area (Å²) in [5, 5.41) is 0.741. The van der Waals surface area contributed by atoms with Crippen LogP contribution in [0.25, 0.3) is 22.2 Å². The molecule has 2 aromatic heterocycles. The lowest BCUT2D eigenvalue weighted by molar-refractivity contribution is -0.274. The van der Waals surface area contributed by atoms with Crippen LogP contribution in [0.3, 0.4) is 0 Å². The van der Waals surface area contributed by atoms with E-state index in [0.717, 1.165) is 5.39 Å². The smallest absolute Gasteiger partial charge is 0.405 e. The Morgan fingerprint density at radius 2 is 1.80 bits per heavy atom. The minimum Gasteiger partial charge on any atom is -0.405 e. The molecule has 0 unspecified atom stereocenters. The van der Waals surface area contributed by atoms with Crippen molar-refractivity contribution >= 4 is 11.0 Å². The zero-order valence-corrected chi connectivity index (χ0v) is 10.1. The van der Waals surface area contributed by atoms with Gasteiger partial charge in [-0.1, -0.05) is 18.2 Å². The highest BCUT2D eigenvalue weighted by molar-refractivity contribution is 5.94. The summed E-state index contributed by atoms with van der Waals surface area (Å²) in [7, 11) is 0. The van der Waals surface area contributed by atoms with Crippen LogP contribution in [0.1, 0.15) is 0 Å². The number of fused-ring (bicyclic) bond motifs is 1. The van der Waals surface area contributed by atoms with Gasteiger partial charge in [0.2, 0.25) is 0 Å².